The van der Waals surface area contributed by atoms with E-state index in [1.165, 1.54) is 0 Å². The first-order chi connectivity index (χ1) is 9.13. The normalized spacial score (nSPS) is 15.7. The zero-order chi connectivity index (χ0) is 13.8. The number of hydrogen-bond acceptors (Lipinski definition) is 3. The van der Waals surface area contributed by atoms with Gasteiger partial charge in [-0.1, -0.05) is 19.9 Å². The minimum absolute atomic E-state index is 0.0302. The van der Waals surface area contributed by atoms with E-state index in [4.69, 9.17) is 9.47 Å². The minimum atomic E-state index is 0.0302. The van der Waals surface area contributed by atoms with Crippen LogP contribution >= 0.6 is 0 Å². The molecule has 1 aromatic rings. The van der Waals surface area contributed by atoms with E-state index < -0.39 is 0 Å². The van der Waals surface area contributed by atoms with Crippen LogP contribution in [-0.2, 0) is 4.74 Å². The first kappa shape index (κ1) is 13.9. The molecule has 0 aromatic heterocycles. The number of hydrogen-bond donors (Lipinski definition) is 0. The van der Waals surface area contributed by atoms with Crippen LogP contribution in [0.1, 0.15) is 35.7 Å². The number of ether oxygens (including phenoxy) is 2. The van der Waals surface area contributed by atoms with Gasteiger partial charge in [-0.25, -0.2) is 0 Å². The van der Waals surface area contributed by atoms with Gasteiger partial charge in [0, 0.05) is 13.1 Å². The Morgan fingerprint density at radius 1 is 1.32 bits per heavy atom. The lowest BCUT2D eigenvalue weighted by atomic mass is 9.99. The summed E-state index contributed by atoms with van der Waals surface area (Å²) in [5.41, 5.74) is 1.80. The molecule has 0 radical (unpaired) electrons. The Balaban J connectivity index is 2.29. The Kier molecular flexibility index (Phi) is 4.43. The van der Waals surface area contributed by atoms with E-state index in [1.54, 1.807) is 7.11 Å². The predicted octanol–water partition coefficient (Wildman–Crippen LogP) is 2.29. The van der Waals surface area contributed by atoms with Crippen LogP contribution in [-0.4, -0.2) is 44.2 Å². The first-order valence-corrected chi connectivity index (χ1v) is 6.68. The maximum absolute atomic E-state index is 12.5. The van der Waals surface area contributed by atoms with E-state index >= 15 is 0 Å². The summed E-state index contributed by atoms with van der Waals surface area (Å²) in [7, 11) is 1.60. The first-order valence-electron chi connectivity index (χ1n) is 6.68. The van der Waals surface area contributed by atoms with Crippen LogP contribution in [0.3, 0.4) is 0 Å². The molecule has 1 aromatic carbocycles. The highest BCUT2D eigenvalue weighted by Crippen LogP contribution is 2.25. The molecule has 19 heavy (non-hydrogen) atoms. The van der Waals surface area contributed by atoms with E-state index in [-0.39, 0.29) is 5.91 Å². The quantitative estimate of drug-likeness (QED) is 0.840. The lowest BCUT2D eigenvalue weighted by Crippen LogP contribution is -2.40. The van der Waals surface area contributed by atoms with Gasteiger partial charge in [0.1, 0.15) is 5.75 Å². The fourth-order valence-corrected chi connectivity index (χ4v) is 2.19. The fourth-order valence-electron chi connectivity index (χ4n) is 2.19. The van der Waals surface area contributed by atoms with Crippen LogP contribution in [0.4, 0.5) is 0 Å². The average Bonchev–Trinajstić information content (AvgIpc) is 2.46. The molecule has 1 fully saturated rings. The monoisotopic (exact) mass is 263 g/mol. The Morgan fingerprint density at radius 3 is 2.58 bits per heavy atom. The zero-order valence-corrected chi connectivity index (χ0v) is 11.8. The Labute approximate surface area is 114 Å². The third-order valence-electron chi connectivity index (χ3n) is 3.42. The lowest BCUT2D eigenvalue weighted by Gasteiger charge is -2.27. The van der Waals surface area contributed by atoms with Crippen molar-refractivity contribution >= 4 is 5.91 Å². The van der Waals surface area contributed by atoms with Crippen molar-refractivity contribution in [2.75, 3.05) is 33.4 Å². The van der Waals surface area contributed by atoms with Gasteiger partial charge in [-0.2, -0.15) is 0 Å². The van der Waals surface area contributed by atoms with E-state index in [0.29, 0.717) is 43.5 Å². The summed E-state index contributed by atoms with van der Waals surface area (Å²) in [4.78, 5) is 14.4. The molecule has 1 heterocycles. The van der Waals surface area contributed by atoms with Gasteiger partial charge in [0.05, 0.1) is 25.9 Å². The van der Waals surface area contributed by atoms with Crippen LogP contribution in [0.2, 0.25) is 0 Å². The van der Waals surface area contributed by atoms with Gasteiger partial charge in [0.15, 0.2) is 0 Å². The standard InChI is InChI=1S/C15H21NO3/c1-11(2)12-4-5-14(18-3)13(10-12)15(17)16-6-8-19-9-7-16/h4-5,10-11H,6-9H2,1-3H3. The van der Waals surface area contributed by atoms with Gasteiger partial charge < -0.3 is 14.4 Å². The second-order valence-electron chi connectivity index (χ2n) is 5.02. The van der Waals surface area contributed by atoms with Crippen LogP contribution < -0.4 is 4.74 Å². The van der Waals surface area contributed by atoms with E-state index in [1.807, 2.05) is 23.1 Å². The molecule has 1 aliphatic heterocycles. The molecule has 1 amide bonds. The van der Waals surface area contributed by atoms with Gasteiger partial charge >= 0.3 is 0 Å². The maximum atomic E-state index is 12.5. The highest BCUT2D eigenvalue weighted by Gasteiger charge is 2.22. The number of nitrogens with zero attached hydrogens (tertiary/aromatic N) is 1. The third kappa shape index (κ3) is 3.07. The average molecular weight is 263 g/mol. The predicted molar refractivity (Wildman–Crippen MR) is 73.8 cm³/mol. The molecular weight excluding hydrogens is 242 g/mol. The van der Waals surface area contributed by atoms with Crippen molar-refractivity contribution in [2.24, 2.45) is 0 Å². The number of methoxy groups -OCH3 is 1. The zero-order valence-electron chi connectivity index (χ0n) is 11.8. The SMILES string of the molecule is COc1ccc(C(C)C)cc1C(=O)N1CCOCC1. The number of amides is 1. The fraction of sp³-hybridized carbons (Fsp3) is 0.533. The Hall–Kier alpha value is -1.55. The third-order valence-corrected chi connectivity index (χ3v) is 3.42. The van der Waals surface area contributed by atoms with Crippen molar-refractivity contribution in [1.82, 2.24) is 4.90 Å². The summed E-state index contributed by atoms with van der Waals surface area (Å²) in [6, 6.07) is 5.84. The molecule has 0 unspecified atom stereocenters. The van der Waals surface area contributed by atoms with E-state index in [9.17, 15) is 4.79 Å². The van der Waals surface area contributed by atoms with Crippen LogP contribution in [0, 0.1) is 0 Å². The molecule has 0 N–H and O–H groups in total. The van der Waals surface area contributed by atoms with Gasteiger partial charge in [-0.3, -0.25) is 4.79 Å². The van der Waals surface area contributed by atoms with Crippen molar-refractivity contribution in [3.05, 3.63) is 29.3 Å². The number of carbonyl (C=O) groups is 1. The van der Waals surface area contributed by atoms with Crippen LogP contribution in [0.5, 0.6) is 5.75 Å². The molecule has 104 valence electrons. The van der Waals surface area contributed by atoms with Crippen molar-refractivity contribution < 1.29 is 14.3 Å². The number of carbonyl (C=O) groups excluding carboxylic acids is 1. The lowest BCUT2D eigenvalue weighted by molar-refractivity contribution is 0.0301. The molecule has 0 atom stereocenters. The van der Waals surface area contributed by atoms with Crippen molar-refractivity contribution in [2.45, 2.75) is 19.8 Å². The van der Waals surface area contributed by atoms with Gasteiger partial charge in [-0.05, 0) is 23.6 Å². The molecule has 0 bridgehead atoms. The summed E-state index contributed by atoms with van der Waals surface area (Å²) in [6.45, 7) is 6.74. The second kappa shape index (κ2) is 6.06. The highest BCUT2D eigenvalue weighted by atomic mass is 16.5. The van der Waals surface area contributed by atoms with Crippen LogP contribution in [0.15, 0.2) is 18.2 Å². The summed E-state index contributed by atoms with van der Waals surface area (Å²) >= 11 is 0. The Bertz CT molecular complexity index is 451. The molecule has 1 aliphatic rings. The molecule has 0 saturated carbocycles. The summed E-state index contributed by atoms with van der Waals surface area (Å²) < 4.78 is 10.6. The number of benzene rings is 1. The smallest absolute Gasteiger partial charge is 0.257 e. The molecule has 2 rings (SSSR count). The maximum Gasteiger partial charge on any atom is 0.257 e. The van der Waals surface area contributed by atoms with Gasteiger partial charge in [0.25, 0.3) is 5.91 Å². The highest BCUT2D eigenvalue weighted by molar-refractivity contribution is 5.97. The van der Waals surface area contributed by atoms with Crippen molar-refractivity contribution in [1.29, 1.82) is 0 Å². The minimum Gasteiger partial charge on any atom is -0.496 e. The topological polar surface area (TPSA) is 38.8 Å². The molecular formula is C15H21NO3. The number of rotatable bonds is 3. The second-order valence-corrected chi connectivity index (χ2v) is 5.02. The van der Waals surface area contributed by atoms with E-state index in [0.717, 1.165) is 5.56 Å². The van der Waals surface area contributed by atoms with Gasteiger partial charge in [0.2, 0.25) is 0 Å². The molecule has 0 spiro atoms. The van der Waals surface area contributed by atoms with E-state index in [2.05, 4.69) is 13.8 Å². The van der Waals surface area contributed by atoms with Crippen molar-refractivity contribution in [3.8, 4) is 5.75 Å². The molecule has 1 saturated heterocycles. The largest absolute Gasteiger partial charge is 0.496 e. The summed E-state index contributed by atoms with van der Waals surface area (Å²) in [5.74, 6) is 1.06. The summed E-state index contributed by atoms with van der Waals surface area (Å²) in [5, 5.41) is 0. The Morgan fingerprint density at radius 2 is 2.00 bits per heavy atom. The molecule has 4 nitrogen and oxygen atoms in total. The van der Waals surface area contributed by atoms with Crippen LogP contribution in [0.25, 0.3) is 0 Å². The molecule has 0 aliphatic carbocycles. The molecule has 4 heteroatoms. The van der Waals surface area contributed by atoms with Crippen molar-refractivity contribution in [3.63, 3.8) is 0 Å². The number of morpholine rings is 1. The van der Waals surface area contributed by atoms with Gasteiger partial charge in [-0.15, -0.1) is 0 Å². The summed E-state index contributed by atoms with van der Waals surface area (Å²) in [6.07, 6.45) is 0.